The summed E-state index contributed by atoms with van der Waals surface area (Å²) in [7, 11) is 6.42. The lowest BCUT2D eigenvalue weighted by Crippen LogP contribution is -2.38. The van der Waals surface area contributed by atoms with Gasteiger partial charge in [-0.15, -0.1) is 0 Å². The quantitative estimate of drug-likeness (QED) is 0.744. The number of hydrogen-bond donors (Lipinski definition) is 1. The van der Waals surface area contributed by atoms with Crippen molar-refractivity contribution in [1.82, 2.24) is 9.80 Å². The molecule has 0 spiro atoms. The SMILES string of the molecule is CN(C)CCCN(C)C1CCCC(O)C1. The first-order valence-corrected chi connectivity index (χ1v) is 6.12. The molecule has 2 unspecified atom stereocenters. The molecule has 90 valence electrons. The van der Waals surface area contributed by atoms with E-state index in [0.717, 1.165) is 25.9 Å². The van der Waals surface area contributed by atoms with Crippen LogP contribution in [0.3, 0.4) is 0 Å². The molecule has 1 aliphatic rings. The van der Waals surface area contributed by atoms with Gasteiger partial charge in [0.25, 0.3) is 0 Å². The van der Waals surface area contributed by atoms with Gasteiger partial charge in [0.2, 0.25) is 0 Å². The Kier molecular flexibility index (Phi) is 5.58. The number of aliphatic hydroxyl groups is 1. The fourth-order valence-electron chi connectivity index (χ4n) is 2.36. The molecule has 1 rings (SSSR count). The standard InChI is InChI=1S/C12H26N2O/c1-13(2)8-5-9-14(3)11-6-4-7-12(15)10-11/h11-12,15H,4-10H2,1-3H3. The number of rotatable bonds is 5. The first-order chi connectivity index (χ1) is 7.09. The van der Waals surface area contributed by atoms with Crippen molar-refractivity contribution in [2.45, 2.75) is 44.2 Å². The second kappa shape index (κ2) is 6.46. The van der Waals surface area contributed by atoms with Gasteiger partial charge in [0.15, 0.2) is 0 Å². The van der Waals surface area contributed by atoms with E-state index in [0.29, 0.717) is 6.04 Å². The van der Waals surface area contributed by atoms with E-state index in [9.17, 15) is 5.11 Å². The Morgan fingerprint density at radius 2 is 1.87 bits per heavy atom. The minimum Gasteiger partial charge on any atom is -0.393 e. The molecule has 0 aliphatic heterocycles. The summed E-state index contributed by atoms with van der Waals surface area (Å²) in [5.41, 5.74) is 0. The molecule has 15 heavy (non-hydrogen) atoms. The Labute approximate surface area is 94.1 Å². The highest BCUT2D eigenvalue weighted by Crippen LogP contribution is 2.22. The van der Waals surface area contributed by atoms with Gasteiger partial charge in [0, 0.05) is 6.04 Å². The van der Waals surface area contributed by atoms with Crippen molar-refractivity contribution in [3.63, 3.8) is 0 Å². The van der Waals surface area contributed by atoms with Gasteiger partial charge >= 0.3 is 0 Å². The summed E-state index contributed by atoms with van der Waals surface area (Å²) in [6, 6.07) is 0.607. The van der Waals surface area contributed by atoms with Gasteiger partial charge in [-0.2, -0.15) is 0 Å². The number of hydrogen-bond acceptors (Lipinski definition) is 3. The van der Waals surface area contributed by atoms with E-state index in [-0.39, 0.29) is 6.10 Å². The first-order valence-electron chi connectivity index (χ1n) is 6.12. The third-order valence-corrected chi connectivity index (χ3v) is 3.36. The van der Waals surface area contributed by atoms with E-state index in [2.05, 4.69) is 30.9 Å². The smallest absolute Gasteiger partial charge is 0.0555 e. The highest BCUT2D eigenvalue weighted by molar-refractivity contribution is 4.78. The van der Waals surface area contributed by atoms with Crippen LogP contribution in [0.5, 0.6) is 0 Å². The van der Waals surface area contributed by atoms with E-state index in [1.165, 1.54) is 19.3 Å². The molecule has 0 bridgehead atoms. The summed E-state index contributed by atoms with van der Waals surface area (Å²) >= 11 is 0. The topological polar surface area (TPSA) is 26.7 Å². The Balaban J connectivity index is 2.17. The van der Waals surface area contributed by atoms with Crippen molar-refractivity contribution in [2.24, 2.45) is 0 Å². The maximum atomic E-state index is 9.61. The van der Waals surface area contributed by atoms with E-state index >= 15 is 0 Å². The van der Waals surface area contributed by atoms with Crippen molar-refractivity contribution < 1.29 is 5.11 Å². The lowest BCUT2D eigenvalue weighted by atomic mass is 9.92. The van der Waals surface area contributed by atoms with Crippen molar-refractivity contribution in [3.05, 3.63) is 0 Å². The van der Waals surface area contributed by atoms with Crippen LogP contribution in [-0.2, 0) is 0 Å². The van der Waals surface area contributed by atoms with Crippen molar-refractivity contribution in [2.75, 3.05) is 34.2 Å². The third-order valence-electron chi connectivity index (χ3n) is 3.36. The maximum Gasteiger partial charge on any atom is 0.0555 e. The Hall–Kier alpha value is -0.120. The van der Waals surface area contributed by atoms with Crippen LogP contribution in [0.15, 0.2) is 0 Å². The van der Waals surface area contributed by atoms with Gasteiger partial charge in [-0.1, -0.05) is 0 Å². The van der Waals surface area contributed by atoms with Crippen molar-refractivity contribution in [3.8, 4) is 0 Å². The summed E-state index contributed by atoms with van der Waals surface area (Å²) < 4.78 is 0. The molecule has 0 saturated heterocycles. The van der Waals surface area contributed by atoms with Gasteiger partial charge in [0.05, 0.1) is 6.10 Å². The predicted octanol–water partition coefficient (Wildman–Crippen LogP) is 1.17. The van der Waals surface area contributed by atoms with Crippen molar-refractivity contribution >= 4 is 0 Å². The highest BCUT2D eigenvalue weighted by atomic mass is 16.3. The lowest BCUT2D eigenvalue weighted by molar-refractivity contribution is 0.0717. The summed E-state index contributed by atoms with van der Waals surface area (Å²) in [5.74, 6) is 0. The molecule has 1 aliphatic carbocycles. The van der Waals surface area contributed by atoms with Gasteiger partial charge < -0.3 is 14.9 Å². The molecule has 1 N–H and O–H groups in total. The molecule has 1 saturated carbocycles. The Morgan fingerprint density at radius 1 is 1.13 bits per heavy atom. The van der Waals surface area contributed by atoms with E-state index in [1.54, 1.807) is 0 Å². The molecule has 1 fully saturated rings. The maximum absolute atomic E-state index is 9.61. The fraction of sp³-hybridized carbons (Fsp3) is 1.00. The summed E-state index contributed by atoms with van der Waals surface area (Å²) in [5, 5.41) is 9.61. The molecule has 0 amide bonds. The number of nitrogens with zero attached hydrogens (tertiary/aromatic N) is 2. The fourth-order valence-corrected chi connectivity index (χ4v) is 2.36. The van der Waals surface area contributed by atoms with Crippen LogP contribution in [0.4, 0.5) is 0 Å². The minimum absolute atomic E-state index is 0.0555. The minimum atomic E-state index is -0.0555. The van der Waals surface area contributed by atoms with E-state index < -0.39 is 0 Å². The lowest BCUT2D eigenvalue weighted by Gasteiger charge is -2.33. The van der Waals surface area contributed by atoms with Crippen LogP contribution in [0, 0.1) is 0 Å². The predicted molar refractivity (Wildman–Crippen MR) is 64.1 cm³/mol. The second-order valence-corrected chi connectivity index (χ2v) is 5.11. The average Bonchev–Trinajstić information content (AvgIpc) is 2.17. The molecule has 2 atom stereocenters. The van der Waals surface area contributed by atoms with Crippen LogP contribution < -0.4 is 0 Å². The van der Waals surface area contributed by atoms with E-state index in [4.69, 9.17) is 0 Å². The number of aliphatic hydroxyl groups excluding tert-OH is 1. The summed E-state index contributed by atoms with van der Waals surface area (Å²) in [6.45, 7) is 2.30. The molecule has 0 radical (unpaired) electrons. The Bertz CT molecular complexity index is 173. The van der Waals surface area contributed by atoms with Crippen LogP contribution in [-0.4, -0.2) is 61.3 Å². The monoisotopic (exact) mass is 214 g/mol. The molecule has 0 heterocycles. The molecular formula is C12H26N2O. The largest absolute Gasteiger partial charge is 0.393 e. The van der Waals surface area contributed by atoms with Gasteiger partial charge in [-0.3, -0.25) is 0 Å². The van der Waals surface area contributed by atoms with E-state index in [1.807, 2.05) is 0 Å². The van der Waals surface area contributed by atoms with Crippen molar-refractivity contribution in [1.29, 1.82) is 0 Å². The molecule has 3 nitrogen and oxygen atoms in total. The normalized spacial score (nSPS) is 27.6. The Morgan fingerprint density at radius 3 is 2.47 bits per heavy atom. The second-order valence-electron chi connectivity index (χ2n) is 5.11. The molecule has 0 aromatic carbocycles. The molecule has 0 aromatic heterocycles. The average molecular weight is 214 g/mol. The zero-order chi connectivity index (χ0) is 11.3. The van der Waals surface area contributed by atoms with Gasteiger partial charge in [-0.05, 0) is 66.3 Å². The summed E-state index contributed by atoms with van der Waals surface area (Å²) in [6.07, 6.45) is 5.58. The third kappa shape index (κ3) is 4.96. The zero-order valence-corrected chi connectivity index (χ0v) is 10.4. The van der Waals surface area contributed by atoms with Gasteiger partial charge in [-0.25, -0.2) is 0 Å². The van der Waals surface area contributed by atoms with Crippen LogP contribution in [0.25, 0.3) is 0 Å². The van der Waals surface area contributed by atoms with Crippen LogP contribution >= 0.6 is 0 Å². The molecule has 3 heteroatoms. The zero-order valence-electron chi connectivity index (χ0n) is 10.4. The molecule has 0 aromatic rings. The molecular weight excluding hydrogens is 188 g/mol. The summed E-state index contributed by atoms with van der Waals surface area (Å²) in [4.78, 5) is 4.65. The first kappa shape index (κ1) is 12.9. The van der Waals surface area contributed by atoms with Crippen LogP contribution in [0.1, 0.15) is 32.1 Å². The van der Waals surface area contributed by atoms with Gasteiger partial charge in [0.1, 0.15) is 0 Å². The highest BCUT2D eigenvalue weighted by Gasteiger charge is 2.22. The van der Waals surface area contributed by atoms with Crippen LogP contribution in [0.2, 0.25) is 0 Å².